The van der Waals surface area contributed by atoms with Gasteiger partial charge < -0.3 is 4.57 Å². The van der Waals surface area contributed by atoms with Crippen LogP contribution in [0.3, 0.4) is 0 Å². The molecule has 0 radical (unpaired) electrons. The van der Waals surface area contributed by atoms with E-state index in [-0.39, 0.29) is 0 Å². The molecular weight excluding hydrogens is 427 g/mol. The van der Waals surface area contributed by atoms with E-state index < -0.39 is 0 Å². The van der Waals surface area contributed by atoms with Crippen molar-refractivity contribution in [2.75, 3.05) is 0 Å². The maximum absolute atomic E-state index is 4.48. The van der Waals surface area contributed by atoms with Crippen LogP contribution in [0.4, 0.5) is 0 Å². The summed E-state index contributed by atoms with van der Waals surface area (Å²) in [4.78, 5) is 4.48. The van der Waals surface area contributed by atoms with E-state index in [1.54, 1.807) is 0 Å². The lowest BCUT2D eigenvalue weighted by atomic mass is 10.2. The van der Waals surface area contributed by atoms with Crippen molar-refractivity contribution in [1.29, 1.82) is 0 Å². The zero-order valence-electron chi connectivity index (χ0n) is 10.6. The summed E-state index contributed by atoms with van der Waals surface area (Å²) in [7, 11) is 0. The fraction of sp³-hybridized carbons (Fsp3) is 0.0625. The molecule has 0 saturated carbocycles. The van der Waals surface area contributed by atoms with E-state index in [2.05, 4.69) is 90.5 Å². The van der Waals surface area contributed by atoms with Crippen LogP contribution in [0.2, 0.25) is 0 Å². The summed E-state index contributed by atoms with van der Waals surface area (Å²) in [5.41, 5.74) is 2.40. The number of hydrogen-bond acceptors (Lipinski definition) is 1. The van der Waals surface area contributed by atoms with Crippen LogP contribution >= 0.6 is 38.5 Å². The van der Waals surface area contributed by atoms with E-state index in [1.807, 2.05) is 18.5 Å². The minimum absolute atomic E-state index is 0.820. The van der Waals surface area contributed by atoms with Gasteiger partial charge in [0.1, 0.15) is 5.82 Å². The lowest BCUT2D eigenvalue weighted by molar-refractivity contribution is 0.806. The topological polar surface area (TPSA) is 17.8 Å². The minimum atomic E-state index is 0.820. The molecule has 0 aliphatic rings. The lowest BCUT2D eigenvalue weighted by Gasteiger charge is -2.08. The Morgan fingerprint density at radius 3 is 2.65 bits per heavy atom. The highest BCUT2D eigenvalue weighted by atomic mass is 127. The van der Waals surface area contributed by atoms with Gasteiger partial charge in [0.25, 0.3) is 0 Å². The Morgan fingerprint density at radius 2 is 1.90 bits per heavy atom. The van der Waals surface area contributed by atoms with E-state index in [0.717, 1.165) is 22.4 Å². The second-order valence-corrected chi connectivity index (χ2v) is 6.68. The molecule has 0 aliphatic heterocycles. The van der Waals surface area contributed by atoms with Crippen LogP contribution in [0.1, 0.15) is 5.56 Å². The van der Waals surface area contributed by atoms with Gasteiger partial charge in [-0.05, 0) is 52.4 Å². The van der Waals surface area contributed by atoms with Gasteiger partial charge in [-0.2, -0.15) is 0 Å². The molecule has 1 heterocycles. The quantitative estimate of drug-likeness (QED) is 0.528. The Hall–Kier alpha value is -1.14. The molecule has 100 valence electrons. The molecule has 3 aromatic rings. The highest BCUT2D eigenvalue weighted by Crippen LogP contribution is 2.20. The molecule has 0 fully saturated rings. The molecule has 0 N–H and O–H groups in total. The van der Waals surface area contributed by atoms with E-state index in [9.17, 15) is 0 Å². The van der Waals surface area contributed by atoms with E-state index in [1.165, 1.54) is 9.13 Å². The zero-order valence-corrected chi connectivity index (χ0v) is 14.4. The standard InChI is InChI=1S/C16H12BrIN2/c17-14-3-1-2-12(10-14)11-20-9-8-19-16(20)13-4-6-15(18)7-5-13/h1-10H,11H2. The van der Waals surface area contributed by atoms with Crippen molar-refractivity contribution in [3.63, 3.8) is 0 Å². The Labute approximate surface area is 140 Å². The molecule has 0 saturated heterocycles. The van der Waals surface area contributed by atoms with Gasteiger partial charge in [-0.1, -0.05) is 40.2 Å². The number of benzene rings is 2. The Morgan fingerprint density at radius 1 is 1.10 bits per heavy atom. The maximum Gasteiger partial charge on any atom is 0.140 e. The van der Waals surface area contributed by atoms with Crippen molar-refractivity contribution in [2.45, 2.75) is 6.54 Å². The van der Waals surface area contributed by atoms with E-state index in [0.29, 0.717) is 0 Å². The van der Waals surface area contributed by atoms with Crippen molar-refractivity contribution in [1.82, 2.24) is 9.55 Å². The van der Waals surface area contributed by atoms with Gasteiger partial charge in [-0.15, -0.1) is 0 Å². The molecule has 4 heteroatoms. The van der Waals surface area contributed by atoms with Crippen LogP contribution < -0.4 is 0 Å². The molecule has 0 bridgehead atoms. The number of halogens is 2. The van der Waals surface area contributed by atoms with Crippen LogP contribution in [-0.4, -0.2) is 9.55 Å². The first-order valence-electron chi connectivity index (χ1n) is 6.24. The average molecular weight is 439 g/mol. The van der Waals surface area contributed by atoms with Gasteiger partial charge in [0, 0.05) is 32.5 Å². The third-order valence-corrected chi connectivity index (χ3v) is 4.27. The van der Waals surface area contributed by atoms with Crippen LogP contribution in [0.5, 0.6) is 0 Å². The van der Waals surface area contributed by atoms with Crippen LogP contribution in [0.15, 0.2) is 65.4 Å². The predicted octanol–water partition coefficient (Wildman–Crippen LogP) is 4.97. The molecule has 3 rings (SSSR count). The molecule has 20 heavy (non-hydrogen) atoms. The average Bonchev–Trinajstić information content (AvgIpc) is 2.88. The largest absolute Gasteiger partial charge is 0.327 e. The number of rotatable bonds is 3. The van der Waals surface area contributed by atoms with Gasteiger partial charge in [0.15, 0.2) is 0 Å². The highest BCUT2D eigenvalue weighted by molar-refractivity contribution is 14.1. The Bertz CT molecular complexity index is 719. The van der Waals surface area contributed by atoms with Crippen LogP contribution in [0.25, 0.3) is 11.4 Å². The summed E-state index contributed by atoms with van der Waals surface area (Å²) in [6.45, 7) is 0.820. The highest BCUT2D eigenvalue weighted by Gasteiger charge is 2.06. The smallest absolute Gasteiger partial charge is 0.140 e. The van der Waals surface area contributed by atoms with Crippen molar-refractivity contribution in [3.05, 3.63) is 74.5 Å². The summed E-state index contributed by atoms with van der Waals surface area (Å²) < 4.78 is 4.51. The Balaban J connectivity index is 1.92. The molecule has 0 atom stereocenters. The van der Waals surface area contributed by atoms with Gasteiger partial charge in [0.2, 0.25) is 0 Å². The normalized spacial score (nSPS) is 10.7. The van der Waals surface area contributed by atoms with E-state index in [4.69, 9.17) is 0 Å². The molecule has 2 nitrogen and oxygen atoms in total. The number of aromatic nitrogens is 2. The summed E-state index contributed by atoms with van der Waals surface area (Å²) in [5, 5.41) is 0. The van der Waals surface area contributed by atoms with Crippen molar-refractivity contribution < 1.29 is 0 Å². The van der Waals surface area contributed by atoms with E-state index >= 15 is 0 Å². The zero-order chi connectivity index (χ0) is 13.9. The first-order chi connectivity index (χ1) is 9.72. The fourth-order valence-corrected chi connectivity index (χ4v) is 2.93. The summed E-state index contributed by atoms with van der Waals surface area (Å²) in [6, 6.07) is 16.8. The third kappa shape index (κ3) is 3.12. The van der Waals surface area contributed by atoms with Gasteiger partial charge in [-0.3, -0.25) is 0 Å². The van der Waals surface area contributed by atoms with Gasteiger partial charge in [0.05, 0.1) is 0 Å². The van der Waals surface area contributed by atoms with Gasteiger partial charge >= 0.3 is 0 Å². The fourth-order valence-electron chi connectivity index (χ4n) is 2.13. The number of hydrogen-bond donors (Lipinski definition) is 0. The first kappa shape index (κ1) is 13.8. The molecule has 0 aliphatic carbocycles. The van der Waals surface area contributed by atoms with Crippen molar-refractivity contribution in [2.24, 2.45) is 0 Å². The molecule has 0 spiro atoms. The summed E-state index contributed by atoms with van der Waals surface area (Å²) in [6.07, 6.45) is 3.87. The maximum atomic E-state index is 4.48. The van der Waals surface area contributed by atoms with Crippen LogP contribution in [0, 0.1) is 3.57 Å². The second kappa shape index (κ2) is 6.10. The molecule has 0 amide bonds. The van der Waals surface area contributed by atoms with Crippen molar-refractivity contribution in [3.8, 4) is 11.4 Å². The lowest BCUT2D eigenvalue weighted by Crippen LogP contribution is -2.01. The molecule has 2 aromatic carbocycles. The minimum Gasteiger partial charge on any atom is -0.327 e. The van der Waals surface area contributed by atoms with Crippen molar-refractivity contribution >= 4 is 38.5 Å². The number of nitrogens with zero attached hydrogens (tertiary/aromatic N) is 2. The molecule has 0 unspecified atom stereocenters. The number of imidazole rings is 1. The molecule has 1 aromatic heterocycles. The molecular formula is C16H12BrIN2. The van der Waals surface area contributed by atoms with Gasteiger partial charge in [-0.25, -0.2) is 4.98 Å². The summed E-state index contributed by atoms with van der Waals surface area (Å²) in [5.74, 6) is 1.00. The third-order valence-electron chi connectivity index (χ3n) is 3.06. The SMILES string of the molecule is Brc1cccc(Cn2ccnc2-c2ccc(I)cc2)c1. The summed E-state index contributed by atoms with van der Waals surface area (Å²) >= 11 is 5.82. The van der Waals surface area contributed by atoms with Crippen LogP contribution in [-0.2, 0) is 6.54 Å². The predicted molar refractivity (Wildman–Crippen MR) is 93.6 cm³/mol. The first-order valence-corrected chi connectivity index (χ1v) is 8.11. The monoisotopic (exact) mass is 438 g/mol. The second-order valence-electron chi connectivity index (χ2n) is 4.52. The Kier molecular flexibility index (Phi) is 4.21.